The molecule has 0 aromatic carbocycles. The van der Waals surface area contributed by atoms with E-state index in [1.165, 1.54) is 0 Å². The molecule has 0 saturated heterocycles. The summed E-state index contributed by atoms with van der Waals surface area (Å²) >= 11 is 2.93. The van der Waals surface area contributed by atoms with E-state index >= 15 is 0 Å². The fourth-order valence-electron chi connectivity index (χ4n) is 0.784. The van der Waals surface area contributed by atoms with Crippen LogP contribution in [0.5, 0.6) is 0 Å². The van der Waals surface area contributed by atoms with E-state index in [4.69, 9.17) is 5.73 Å². The van der Waals surface area contributed by atoms with E-state index in [2.05, 4.69) is 15.9 Å². The van der Waals surface area contributed by atoms with Gasteiger partial charge >= 0.3 is 0 Å². The maximum Gasteiger partial charge on any atom is 0.168 e. The number of hydrogen-bond donors (Lipinski definition) is 1. The Morgan fingerprint density at radius 1 is 1.88 bits per heavy atom. The zero-order valence-corrected chi connectivity index (χ0v) is 6.12. The van der Waals surface area contributed by atoms with Gasteiger partial charge in [0.05, 0.1) is 0 Å². The normalized spacial score (nSPS) is 44.6. The molecule has 1 aliphatic carbocycles. The lowest BCUT2D eigenvalue weighted by molar-refractivity contribution is 0.408. The van der Waals surface area contributed by atoms with Crippen molar-refractivity contribution < 1.29 is 4.39 Å². The molecule has 1 nitrogen and oxygen atoms in total. The van der Waals surface area contributed by atoms with Gasteiger partial charge < -0.3 is 5.73 Å². The molecule has 0 aromatic rings. The molecule has 3 heteroatoms. The number of rotatable bonds is 2. The average molecular weight is 182 g/mol. The van der Waals surface area contributed by atoms with E-state index in [-0.39, 0.29) is 5.92 Å². The van der Waals surface area contributed by atoms with Gasteiger partial charge in [-0.05, 0) is 35.3 Å². The molecule has 0 bridgehead atoms. The first-order chi connectivity index (χ1) is 3.67. The largest absolute Gasteiger partial charge is 0.330 e. The Morgan fingerprint density at radius 2 is 2.38 bits per heavy atom. The van der Waals surface area contributed by atoms with Crippen molar-refractivity contribution in [1.29, 1.82) is 0 Å². The summed E-state index contributed by atoms with van der Waals surface area (Å²) in [6.45, 7) is 0.599. The summed E-state index contributed by atoms with van der Waals surface area (Å²) in [5, 5.41) is 0. The van der Waals surface area contributed by atoms with Gasteiger partial charge in [0, 0.05) is 5.92 Å². The Hall–Kier alpha value is 0.370. The van der Waals surface area contributed by atoms with Gasteiger partial charge in [-0.2, -0.15) is 0 Å². The SMILES string of the molecule is NCCC1CC1(F)Br. The summed E-state index contributed by atoms with van der Waals surface area (Å²) < 4.78 is 11.5. The second-order valence-electron chi connectivity index (χ2n) is 2.24. The van der Waals surface area contributed by atoms with Crippen LogP contribution in [0.3, 0.4) is 0 Å². The average Bonchev–Trinajstić information content (AvgIpc) is 2.15. The van der Waals surface area contributed by atoms with E-state index < -0.39 is 4.58 Å². The molecule has 0 aliphatic heterocycles. The predicted octanol–water partition coefficient (Wildman–Crippen LogP) is 1.42. The molecule has 0 spiro atoms. The zero-order valence-electron chi connectivity index (χ0n) is 4.53. The minimum absolute atomic E-state index is 0.187. The van der Waals surface area contributed by atoms with Crippen LogP contribution in [0.15, 0.2) is 0 Å². The Bertz CT molecular complexity index is 94.4. The quantitative estimate of drug-likeness (QED) is 0.642. The van der Waals surface area contributed by atoms with Gasteiger partial charge in [-0.1, -0.05) is 0 Å². The molecular formula is C5H9BrFN. The summed E-state index contributed by atoms with van der Waals surface area (Å²) in [6, 6.07) is 0. The summed E-state index contributed by atoms with van der Waals surface area (Å²) in [6.07, 6.45) is 1.45. The van der Waals surface area contributed by atoms with Crippen LogP contribution >= 0.6 is 15.9 Å². The van der Waals surface area contributed by atoms with E-state index in [9.17, 15) is 4.39 Å². The number of hydrogen-bond acceptors (Lipinski definition) is 1. The van der Waals surface area contributed by atoms with Crippen LogP contribution in [0, 0.1) is 5.92 Å². The van der Waals surface area contributed by atoms with Crippen LogP contribution < -0.4 is 5.73 Å². The topological polar surface area (TPSA) is 26.0 Å². The van der Waals surface area contributed by atoms with Crippen molar-refractivity contribution in [2.24, 2.45) is 11.7 Å². The molecule has 1 rings (SSSR count). The zero-order chi connectivity index (χ0) is 6.20. The van der Waals surface area contributed by atoms with E-state index in [0.29, 0.717) is 13.0 Å². The first kappa shape index (κ1) is 6.49. The number of halogens is 2. The fourth-order valence-corrected chi connectivity index (χ4v) is 1.40. The minimum atomic E-state index is -1.05. The first-order valence-corrected chi connectivity index (χ1v) is 3.54. The summed E-state index contributed by atoms with van der Waals surface area (Å²) in [4.78, 5) is 0. The molecule has 0 aromatic heterocycles. The highest BCUT2D eigenvalue weighted by Crippen LogP contribution is 2.53. The van der Waals surface area contributed by atoms with Crippen molar-refractivity contribution in [3.05, 3.63) is 0 Å². The van der Waals surface area contributed by atoms with Crippen LogP contribution in [0.1, 0.15) is 12.8 Å². The van der Waals surface area contributed by atoms with Gasteiger partial charge in [0.25, 0.3) is 0 Å². The molecule has 1 aliphatic rings. The lowest BCUT2D eigenvalue weighted by Gasteiger charge is -1.92. The maximum atomic E-state index is 12.5. The van der Waals surface area contributed by atoms with Crippen molar-refractivity contribution in [3.63, 3.8) is 0 Å². The van der Waals surface area contributed by atoms with Crippen molar-refractivity contribution in [2.75, 3.05) is 6.54 Å². The standard InChI is InChI=1S/C5H9BrFN/c6-5(7)3-4(5)1-2-8/h4H,1-3,8H2. The Morgan fingerprint density at radius 3 is 2.50 bits per heavy atom. The molecule has 2 N–H and O–H groups in total. The molecule has 48 valence electrons. The maximum absolute atomic E-state index is 12.5. The Balaban J connectivity index is 2.17. The highest BCUT2D eigenvalue weighted by atomic mass is 79.9. The van der Waals surface area contributed by atoms with Crippen molar-refractivity contribution >= 4 is 15.9 Å². The van der Waals surface area contributed by atoms with Gasteiger partial charge in [-0.25, -0.2) is 4.39 Å². The van der Waals surface area contributed by atoms with E-state index in [1.807, 2.05) is 0 Å². The summed E-state index contributed by atoms with van der Waals surface area (Å²) in [5.74, 6) is 0.187. The second kappa shape index (κ2) is 1.95. The number of alkyl halides is 2. The van der Waals surface area contributed by atoms with Gasteiger partial charge in [-0.15, -0.1) is 0 Å². The smallest absolute Gasteiger partial charge is 0.168 e. The second-order valence-corrected chi connectivity index (χ2v) is 3.56. The fraction of sp³-hybridized carbons (Fsp3) is 1.00. The first-order valence-electron chi connectivity index (χ1n) is 2.74. The van der Waals surface area contributed by atoms with Gasteiger partial charge in [0.1, 0.15) is 0 Å². The summed E-state index contributed by atoms with van der Waals surface area (Å²) in [5.41, 5.74) is 5.20. The Kier molecular flexibility index (Phi) is 1.59. The van der Waals surface area contributed by atoms with Crippen LogP contribution in [-0.4, -0.2) is 11.1 Å². The van der Waals surface area contributed by atoms with Crippen LogP contribution in [0.2, 0.25) is 0 Å². The summed E-state index contributed by atoms with van der Waals surface area (Å²) in [7, 11) is 0. The van der Waals surface area contributed by atoms with Crippen LogP contribution in [-0.2, 0) is 0 Å². The molecule has 1 fully saturated rings. The number of nitrogens with two attached hydrogens (primary N) is 1. The highest BCUT2D eigenvalue weighted by molar-refractivity contribution is 9.10. The monoisotopic (exact) mass is 181 g/mol. The lowest BCUT2D eigenvalue weighted by atomic mass is 10.3. The minimum Gasteiger partial charge on any atom is -0.330 e. The van der Waals surface area contributed by atoms with Crippen molar-refractivity contribution in [3.8, 4) is 0 Å². The highest BCUT2D eigenvalue weighted by Gasteiger charge is 2.52. The van der Waals surface area contributed by atoms with Crippen molar-refractivity contribution in [2.45, 2.75) is 17.4 Å². The molecule has 0 amide bonds. The van der Waals surface area contributed by atoms with Gasteiger partial charge in [0.15, 0.2) is 4.58 Å². The van der Waals surface area contributed by atoms with Crippen molar-refractivity contribution in [1.82, 2.24) is 0 Å². The molecule has 0 radical (unpaired) electrons. The molecule has 2 unspecified atom stereocenters. The Labute approximate surface area is 56.6 Å². The molecular weight excluding hydrogens is 173 g/mol. The van der Waals surface area contributed by atoms with E-state index in [0.717, 1.165) is 6.42 Å². The third-order valence-corrected chi connectivity index (χ3v) is 2.44. The molecule has 1 saturated carbocycles. The van der Waals surface area contributed by atoms with Crippen LogP contribution in [0.25, 0.3) is 0 Å². The van der Waals surface area contributed by atoms with Crippen LogP contribution in [0.4, 0.5) is 4.39 Å². The third kappa shape index (κ3) is 1.20. The molecule has 8 heavy (non-hydrogen) atoms. The molecule has 0 heterocycles. The predicted molar refractivity (Wildman–Crippen MR) is 34.5 cm³/mol. The van der Waals surface area contributed by atoms with Gasteiger partial charge in [-0.3, -0.25) is 0 Å². The third-order valence-electron chi connectivity index (χ3n) is 1.47. The molecule has 2 atom stereocenters. The van der Waals surface area contributed by atoms with Gasteiger partial charge in [0.2, 0.25) is 0 Å². The van der Waals surface area contributed by atoms with E-state index in [1.54, 1.807) is 0 Å². The lowest BCUT2D eigenvalue weighted by Crippen LogP contribution is -2.02.